The lowest BCUT2D eigenvalue weighted by Gasteiger charge is -2.39. The van der Waals surface area contributed by atoms with Crippen molar-refractivity contribution in [2.75, 3.05) is 26.8 Å². The molecule has 1 N–H and O–H groups in total. The third-order valence-electron chi connectivity index (χ3n) is 4.11. The zero-order valence-corrected chi connectivity index (χ0v) is 12.9. The van der Waals surface area contributed by atoms with Gasteiger partial charge in [0.15, 0.2) is 0 Å². The van der Waals surface area contributed by atoms with Crippen molar-refractivity contribution in [3.63, 3.8) is 0 Å². The van der Waals surface area contributed by atoms with Crippen LogP contribution in [0.5, 0.6) is 0 Å². The first-order chi connectivity index (χ1) is 9.40. The monoisotopic (exact) mass is 286 g/mol. The molecular weight excluding hydrogens is 260 g/mol. The molecule has 2 amide bonds. The van der Waals surface area contributed by atoms with Crippen LogP contribution in [0, 0.1) is 0 Å². The Morgan fingerprint density at radius 2 is 2.10 bits per heavy atom. The Morgan fingerprint density at radius 1 is 1.45 bits per heavy atom. The van der Waals surface area contributed by atoms with Gasteiger partial charge in [0.05, 0.1) is 6.61 Å². The number of nitrogens with zero attached hydrogens (tertiary/aromatic N) is 2. The second kappa shape index (κ2) is 6.92. The van der Waals surface area contributed by atoms with E-state index in [2.05, 4.69) is 0 Å². The van der Waals surface area contributed by atoms with Crippen LogP contribution in [0.4, 0.5) is 4.79 Å². The van der Waals surface area contributed by atoms with Gasteiger partial charge in [-0.15, -0.1) is 0 Å². The van der Waals surface area contributed by atoms with Crippen LogP contribution < -0.4 is 0 Å². The minimum absolute atomic E-state index is 0.0154. The summed E-state index contributed by atoms with van der Waals surface area (Å²) in [7, 11) is 1.59. The number of aliphatic carboxylic acids is 1. The van der Waals surface area contributed by atoms with Gasteiger partial charge in [-0.2, -0.15) is 0 Å². The standard InChI is InChI=1S/C14H26N2O4/c1-5-14(12(17)18)7-6-8-16(14)13(19)15(11(2)3)9-10-20-4/h11H,5-10H2,1-4H3,(H,17,18). The van der Waals surface area contributed by atoms with E-state index < -0.39 is 11.5 Å². The fourth-order valence-electron chi connectivity index (χ4n) is 2.82. The lowest BCUT2D eigenvalue weighted by molar-refractivity contribution is -0.148. The Bertz CT molecular complexity index is 359. The molecule has 1 rings (SSSR count). The van der Waals surface area contributed by atoms with E-state index in [1.807, 2.05) is 20.8 Å². The zero-order valence-electron chi connectivity index (χ0n) is 12.9. The second-order valence-corrected chi connectivity index (χ2v) is 5.51. The van der Waals surface area contributed by atoms with E-state index in [1.165, 1.54) is 4.90 Å². The molecule has 0 aromatic carbocycles. The lowest BCUT2D eigenvalue weighted by Crippen LogP contribution is -2.58. The molecule has 1 heterocycles. The molecule has 0 radical (unpaired) electrons. The Hall–Kier alpha value is -1.30. The van der Waals surface area contributed by atoms with Crippen LogP contribution in [0.1, 0.15) is 40.0 Å². The highest BCUT2D eigenvalue weighted by molar-refractivity contribution is 5.87. The summed E-state index contributed by atoms with van der Waals surface area (Å²) in [6.45, 7) is 7.12. The molecule has 0 spiro atoms. The number of hydrogen-bond acceptors (Lipinski definition) is 3. The summed E-state index contributed by atoms with van der Waals surface area (Å²) >= 11 is 0. The van der Waals surface area contributed by atoms with E-state index in [1.54, 1.807) is 12.0 Å². The van der Waals surface area contributed by atoms with Crippen molar-refractivity contribution >= 4 is 12.0 Å². The highest BCUT2D eigenvalue weighted by Crippen LogP contribution is 2.33. The summed E-state index contributed by atoms with van der Waals surface area (Å²) in [5.41, 5.74) is -1.04. The fraction of sp³-hybridized carbons (Fsp3) is 0.857. The fourth-order valence-corrected chi connectivity index (χ4v) is 2.82. The number of carboxylic acid groups (broad SMARTS) is 1. The van der Waals surface area contributed by atoms with Crippen molar-refractivity contribution in [2.45, 2.75) is 51.6 Å². The van der Waals surface area contributed by atoms with E-state index in [4.69, 9.17) is 4.74 Å². The smallest absolute Gasteiger partial charge is 0.329 e. The Labute approximate surface area is 120 Å². The highest BCUT2D eigenvalue weighted by Gasteiger charge is 2.49. The molecule has 0 aromatic heterocycles. The predicted molar refractivity (Wildman–Crippen MR) is 75.7 cm³/mol. The molecule has 1 aliphatic rings. The Kier molecular flexibility index (Phi) is 5.80. The van der Waals surface area contributed by atoms with Crippen LogP contribution in [-0.2, 0) is 9.53 Å². The molecule has 20 heavy (non-hydrogen) atoms. The van der Waals surface area contributed by atoms with Crippen LogP contribution in [0.15, 0.2) is 0 Å². The molecular formula is C14H26N2O4. The molecule has 1 saturated heterocycles. The summed E-state index contributed by atoms with van der Waals surface area (Å²) in [6.07, 6.45) is 1.70. The largest absolute Gasteiger partial charge is 0.479 e. The molecule has 6 heteroatoms. The highest BCUT2D eigenvalue weighted by atomic mass is 16.5. The van der Waals surface area contributed by atoms with Gasteiger partial charge in [0.2, 0.25) is 0 Å². The number of hydrogen-bond donors (Lipinski definition) is 1. The molecule has 0 bridgehead atoms. The third kappa shape index (κ3) is 3.06. The number of likely N-dealkylation sites (tertiary alicyclic amines) is 1. The minimum Gasteiger partial charge on any atom is -0.479 e. The maximum absolute atomic E-state index is 12.7. The van der Waals surface area contributed by atoms with E-state index in [-0.39, 0.29) is 12.1 Å². The van der Waals surface area contributed by atoms with Gasteiger partial charge >= 0.3 is 12.0 Å². The number of amides is 2. The van der Waals surface area contributed by atoms with Crippen LogP contribution in [0.25, 0.3) is 0 Å². The number of carbonyl (C=O) groups excluding carboxylic acids is 1. The van der Waals surface area contributed by atoms with E-state index in [0.29, 0.717) is 32.5 Å². The summed E-state index contributed by atoms with van der Waals surface area (Å²) in [5.74, 6) is -0.902. The van der Waals surface area contributed by atoms with Crippen LogP contribution in [-0.4, -0.2) is 65.3 Å². The first kappa shape index (κ1) is 16.8. The number of rotatable bonds is 6. The Balaban J connectivity index is 2.95. The molecule has 6 nitrogen and oxygen atoms in total. The number of carbonyl (C=O) groups is 2. The lowest BCUT2D eigenvalue weighted by atomic mass is 9.93. The molecule has 1 unspecified atom stereocenters. The van der Waals surface area contributed by atoms with Crippen LogP contribution in [0.2, 0.25) is 0 Å². The molecule has 0 saturated carbocycles. The van der Waals surface area contributed by atoms with Crippen molar-refractivity contribution in [1.82, 2.24) is 9.80 Å². The minimum atomic E-state index is -1.04. The van der Waals surface area contributed by atoms with E-state index >= 15 is 0 Å². The van der Waals surface area contributed by atoms with Gasteiger partial charge in [0.1, 0.15) is 5.54 Å². The number of carboxylic acids is 1. The van der Waals surface area contributed by atoms with Crippen molar-refractivity contribution in [2.24, 2.45) is 0 Å². The summed E-state index contributed by atoms with van der Waals surface area (Å²) in [6, 6.07) is -0.180. The van der Waals surface area contributed by atoms with Crippen molar-refractivity contribution in [3.05, 3.63) is 0 Å². The second-order valence-electron chi connectivity index (χ2n) is 5.51. The quantitative estimate of drug-likeness (QED) is 0.808. The molecule has 0 aromatic rings. The molecule has 0 aliphatic carbocycles. The van der Waals surface area contributed by atoms with Crippen molar-refractivity contribution in [1.29, 1.82) is 0 Å². The first-order valence-corrected chi connectivity index (χ1v) is 7.21. The van der Waals surface area contributed by atoms with Crippen LogP contribution >= 0.6 is 0 Å². The molecule has 1 aliphatic heterocycles. The van der Waals surface area contributed by atoms with E-state index in [9.17, 15) is 14.7 Å². The summed E-state index contributed by atoms with van der Waals surface area (Å²) in [5, 5.41) is 9.54. The molecule has 1 fully saturated rings. The summed E-state index contributed by atoms with van der Waals surface area (Å²) < 4.78 is 5.03. The van der Waals surface area contributed by atoms with Gasteiger partial charge in [-0.05, 0) is 33.1 Å². The maximum atomic E-state index is 12.7. The van der Waals surface area contributed by atoms with Crippen LogP contribution in [0.3, 0.4) is 0 Å². The summed E-state index contributed by atoms with van der Waals surface area (Å²) in [4.78, 5) is 27.6. The van der Waals surface area contributed by atoms with Gasteiger partial charge in [-0.25, -0.2) is 9.59 Å². The maximum Gasteiger partial charge on any atom is 0.329 e. The zero-order chi connectivity index (χ0) is 15.3. The molecule has 1 atom stereocenters. The number of methoxy groups -OCH3 is 1. The first-order valence-electron chi connectivity index (χ1n) is 7.21. The van der Waals surface area contributed by atoms with Gasteiger partial charge in [-0.1, -0.05) is 6.92 Å². The van der Waals surface area contributed by atoms with Crippen molar-refractivity contribution < 1.29 is 19.4 Å². The number of urea groups is 1. The molecule has 116 valence electrons. The average molecular weight is 286 g/mol. The topological polar surface area (TPSA) is 70.1 Å². The Morgan fingerprint density at radius 3 is 2.55 bits per heavy atom. The average Bonchev–Trinajstić information content (AvgIpc) is 2.83. The van der Waals surface area contributed by atoms with E-state index in [0.717, 1.165) is 6.42 Å². The van der Waals surface area contributed by atoms with Crippen molar-refractivity contribution in [3.8, 4) is 0 Å². The van der Waals surface area contributed by atoms with Gasteiger partial charge in [0.25, 0.3) is 0 Å². The van der Waals surface area contributed by atoms with Gasteiger partial charge in [0, 0.05) is 26.2 Å². The third-order valence-corrected chi connectivity index (χ3v) is 4.11. The number of ether oxygens (including phenoxy) is 1. The normalized spacial score (nSPS) is 22.4. The van der Waals surface area contributed by atoms with Gasteiger partial charge in [-0.3, -0.25) is 0 Å². The SMILES string of the molecule is CCC1(C(=O)O)CCCN1C(=O)N(CCOC)C(C)C. The van der Waals surface area contributed by atoms with Gasteiger partial charge < -0.3 is 19.6 Å². The predicted octanol–water partition coefficient (Wildman–Crippen LogP) is 1.79.